The van der Waals surface area contributed by atoms with E-state index in [1.807, 2.05) is 0 Å². The highest BCUT2D eigenvalue weighted by Gasteiger charge is 2.27. The van der Waals surface area contributed by atoms with E-state index in [0.29, 0.717) is 12.1 Å². The first-order chi connectivity index (χ1) is 12.8. The van der Waals surface area contributed by atoms with Crippen molar-refractivity contribution in [3.05, 3.63) is 59.7 Å². The molecule has 7 nitrogen and oxygen atoms in total. The minimum atomic E-state index is -3.47. The Balaban J connectivity index is 1.54. The molecule has 8 heteroatoms. The Morgan fingerprint density at radius 3 is 2.41 bits per heavy atom. The standard InChI is InChI=1S/C19H20N2O5S/c22-18(20-16-3-1-2-14(12-16)19(23)24)11-6-13-4-9-17(10-5-13)27(25,26)21-15-7-8-15/h1-5,9-10,12,15,21H,6-8,11H2,(H,20,22)(H,23,24). The molecule has 0 aliphatic heterocycles. The van der Waals surface area contributed by atoms with Crippen LogP contribution in [0.1, 0.15) is 35.2 Å². The molecule has 0 radical (unpaired) electrons. The van der Waals surface area contributed by atoms with Gasteiger partial charge in [-0.3, -0.25) is 4.79 Å². The molecule has 1 amide bonds. The Morgan fingerprint density at radius 1 is 1.07 bits per heavy atom. The van der Waals surface area contributed by atoms with Crippen molar-refractivity contribution in [2.75, 3.05) is 5.32 Å². The molecular weight excluding hydrogens is 368 g/mol. The molecule has 142 valence electrons. The average molecular weight is 388 g/mol. The summed E-state index contributed by atoms with van der Waals surface area (Å²) in [5, 5.41) is 11.6. The molecule has 2 aromatic rings. The van der Waals surface area contributed by atoms with E-state index in [4.69, 9.17) is 5.11 Å². The number of nitrogens with one attached hydrogen (secondary N) is 2. The van der Waals surface area contributed by atoms with Gasteiger partial charge >= 0.3 is 5.97 Å². The number of carbonyl (C=O) groups is 2. The molecule has 1 aliphatic rings. The summed E-state index contributed by atoms with van der Waals surface area (Å²) in [6.07, 6.45) is 2.40. The first-order valence-electron chi connectivity index (χ1n) is 8.58. The van der Waals surface area contributed by atoms with Gasteiger partial charge in [0.2, 0.25) is 15.9 Å². The fourth-order valence-electron chi connectivity index (χ4n) is 2.54. The molecule has 27 heavy (non-hydrogen) atoms. The summed E-state index contributed by atoms with van der Waals surface area (Å²) in [6.45, 7) is 0. The molecule has 0 bridgehead atoms. The van der Waals surface area contributed by atoms with Crippen LogP contribution in [0.5, 0.6) is 0 Å². The summed E-state index contributed by atoms with van der Waals surface area (Å²) in [5.41, 5.74) is 1.37. The van der Waals surface area contributed by atoms with Crippen LogP contribution in [-0.2, 0) is 21.2 Å². The van der Waals surface area contributed by atoms with Crippen LogP contribution in [-0.4, -0.2) is 31.4 Å². The molecule has 0 heterocycles. The fraction of sp³-hybridized carbons (Fsp3) is 0.263. The third-order valence-corrected chi connectivity index (χ3v) is 5.70. The number of sulfonamides is 1. The van der Waals surface area contributed by atoms with Crippen molar-refractivity contribution in [1.29, 1.82) is 0 Å². The predicted octanol–water partition coefficient (Wildman–Crippen LogP) is 2.40. The van der Waals surface area contributed by atoms with E-state index in [1.54, 1.807) is 24.3 Å². The minimum Gasteiger partial charge on any atom is -0.478 e. The van der Waals surface area contributed by atoms with Gasteiger partial charge in [0.1, 0.15) is 0 Å². The summed E-state index contributed by atoms with van der Waals surface area (Å²) in [6, 6.07) is 12.5. The SMILES string of the molecule is O=C(CCc1ccc(S(=O)(=O)NC2CC2)cc1)Nc1cccc(C(=O)O)c1. The summed E-state index contributed by atoms with van der Waals surface area (Å²) in [4.78, 5) is 23.2. The van der Waals surface area contributed by atoms with Crippen LogP contribution in [0, 0.1) is 0 Å². The van der Waals surface area contributed by atoms with E-state index in [2.05, 4.69) is 10.0 Å². The number of hydrogen-bond donors (Lipinski definition) is 3. The summed E-state index contributed by atoms with van der Waals surface area (Å²) in [5.74, 6) is -1.30. The van der Waals surface area contributed by atoms with Crippen LogP contribution in [0.15, 0.2) is 53.4 Å². The van der Waals surface area contributed by atoms with Crippen LogP contribution >= 0.6 is 0 Å². The molecule has 0 aromatic heterocycles. The van der Waals surface area contributed by atoms with Gasteiger partial charge < -0.3 is 10.4 Å². The van der Waals surface area contributed by atoms with Gasteiger partial charge in [-0.2, -0.15) is 0 Å². The molecule has 0 saturated heterocycles. The smallest absolute Gasteiger partial charge is 0.335 e. The lowest BCUT2D eigenvalue weighted by Gasteiger charge is -2.08. The first-order valence-corrected chi connectivity index (χ1v) is 10.1. The van der Waals surface area contributed by atoms with Gasteiger partial charge in [0, 0.05) is 18.2 Å². The number of amides is 1. The summed E-state index contributed by atoms with van der Waals surface area (Å²) >= 11 is 0. The average Bonchev–Trinajstić information content (AvgIpc) is 3.44. The number of carbonyl (C=O) groups excluding carboxylic acids is 1. The molecule has 3 N–H and O–H groups in total. The third-order valence-electron chi connectivity index (χ3n) is 4.17. The van der Waals surface area contributed by atoms with Crippen molar-refractivity contribution in [2.45, 2.75) is 36.6 Å². The second kappa shape index (κ2) is 7.89. The highest BCUT2D eigenvalue weighted by molar-refractivity contribution is 7.89. The zero-order chi connectivity index (χ0) is 19.4. The molecule has 2 aromatic carbocycles. The predicted molar refractivity (Wildman–Crippen MR) is 100 cm³/mol. The Kier molecular flexibility index (Phi) is 5.57. The van der Waals surface area contributed by atoms with Crippen molar-refractivity contribution in [2.24, 2.45) is 0 Å². The number of aromatic carboxylic acids is 1. The summed E-state index contributed by atoms with van der Waals surface area (Å²) in [7, 11) is -3.47. The highest BCUT2D eigenvalue weighted by Crippen LogP contribution is 2.22. The largest absolute Gasteiger partial charge is 0.478 e. The Labute approximate surface area is 157 Å². The lowest BCUT2D eigenvalue weighted by Crippen LogP contribution is -2.25. The lowest BCUT2D eigenvalue weighted by molar-refractivity contribution is -0.116. The molecule has 0 spiro atoms. The number of benzene rings is 2. The molecule has 1 aliphatic carbocycles. The second-order valence-electron chi connectivity index (χ2n) is 6.47. The zero-order valence-electron chi connectivity index (χ0n) is 14.5. The van der Waals surface area contributed by atoms with E-state index < -0.39 is 16.0 Å². The quantitative estimate of drug-likeness (QED) is 0.643. The number of anilines is 1. The fourth-order valence-corrected chi connectivity index (χ4v) is 3.84. The molecule has 0 unspecified atom stereocenters. The minimum absolute atomic E-state index is 0.0537. The van der Waals surface area contributed by atoms with Crippen molar-refractivity contribution >= 4 is 27.6 Å². The molecule has 1 saturated carbocycles. The number of aryl methyl sites for hydroxylation is 1. The Hall–Kier alpha value is -2.71. The van der Waals surface area contributed by atoms with E-state index in [1.165, 1.54) is 24.3 Å². The van der Waals surface area contributed by atoms with Gasteiger partial charge in [-0.15, -0.1) is 0 Å². The molecule has 1 fully saturated rings. The number of carboxylic acid groups (broad SMARTS) is 1. The van der Waals surface area contributed by atoms with Crippen LogP contribution in [0.25, 0.3) is 0 Å². The highest BCUT2D eigenvalue weighted by atomic mass is 32.2. The maximum absolute atomic E-state index is 12.1. The molecule has 0 atom stereocenters. The van der Waals surface area contributed by atoms with Gasteiger partial charge in [0.15, 0.2) is 0 Å². The number of rotatable bonds is 8. The van der Waals surface area contributed by atoms with E-state index in [9.17, 15) is 18.0 Å². The van der Waals surface area contributed by atoms with Crippen LogP contribution in [0.2, 0.25) is 0 Å². The van der Waals surface area contributed by atoms with E-state index >= 15 is 0 Å². The van der Waals surface area contributed by atoms with Crippen LogP contribution in [0.3, 0.4) is 0 Å². The van der Waals surface area contributed by atoms with Gasteiger partial charge in [-0.1, -0.05) is 18.2 Å². The third kappa shape index (κ3) is 5.38. The monoisotopic (exact) mass is 388 g/mol. The van der Waals surface area contributed by atoms with Crippen molar-refractivity contribution < 1.29 is 23.1 Å². The van der Waals surface area contributed by atoms with Crippen molar-refractivity contribution in [3.63, 3.8) is 0 Å². The maximum atomic E-state index is 12.1. The first kappa shape index (κ1) is 19.1. The normalized spacial score (nSPS) is 13.9. The lowest BCUT2D eigenvalue weighted by atomic mass is 10.1. The zero-order valence-corrected chi connectivity index (χ0v) is 15.3. The Bertz CT molecular complexity index is 950. The van der Waals surface area contributed by atoms with Crippen molar-refractivity contribution in [1.82, 2.24) is 4.72 Å². The van der Waals surface area contributed by atoms with Gasteiger partial charge in [0.05, 0.1) is 10.5 Å². The maximum Gasteiger partial charge on any atom is 0.335 e. The van der Waals surface area contributed by atoms with Gasteiger partial charge in [0.25, 0.3) is 0 Å². The number of carboxylic acids is 1. The van der Waals surface area contributed by atoms with Crippen molar-refractivity contribution in [3.8, 4) is 0 Å². The van der Waals surface area contributed by atoms with Crippen LogP contribution in [0.4, 0.5) is 5.69 Å². The van der Waals surface area contributed by atoms with Gasteiger partial charge in [-0.05, 0) is 55.2 Å². The second-order valence-corrected chi connectivity index (χ2v) is 8.19. The molecular formula is C19H20N2O5S. The van der Waals surface area contributed by atoms with E-state index in [-0.39, 0.29) is 28.8 Å². The van der Waals surface area contributed by atoms with E-state index in [0.717, 1.165) is 18.4 Å². The van der Waals surface area contributed by atoms with Gasteiger partial charge in [-0.25, -0.2) is 17.9 Å². The summed E-state index contributed by atoms with van der Waals surface area (Å²) < 4.78 is 26.9. The van der Waals surface area contributed by atoms with Crippen LogP contribution < -0.4 is 10.0 Å². The number of hydrogen-bond acceptors (Lipinski definition) is 4. The Morgan fingerprint density at radius 2 is 1.78 bits per heavy atom. The molecule has 3 rings (SSSR count). The topological polar surface area (TPSA) is 113 Å².